The lowest BCUT2D eigenvalue weighted by molar-refractivity contribution is -0.115. The Balaban J connectivity index is 2.01. The molecular weight excluding hydrogens is 468 g/mol. The Morgan fingerprint density at radius 1 is 1.27 bits per heavy atom. The Morgan fingerprint density at radius 3 is 2.47 bits per heavy atom. The fraction of sp³-hybridized carbons (Fsp3) is 0.333. The van der Waals surface area contributed by atoms with Crippen molar-refractivity contribution in [1.29, 1.82) is 0 Å². The van der Waals surface area contributed by atoms with E-state index in [9.17, 15) is 13.2 Å². The lowest BCUT2D eigenvalue weighted by atomic mass is 10.0. The number of carbonyl (C=O) groups is 1. The molecule has 1 amide bonds. The number of likely N-dealkylation sites (N-methyl/N-ethyl adjacent to an activating group) is 1. The molecule has 2 aliphatic rings. The minimum Gasteiger partial charge on any atom is -0.350 e. The second-order valence-electron chi connectivity index (χ2n) is 7.57. The Morgan fingerprint density at radius 2 is 1.93 bits per heavy atom. The Kier molecular flexibility index (Phi) is 5.46. The zero-order chi connectivity index (χ0) is 21.6. The molecule has 9 heteroatoms. The van der Waals surface area contributed by atoms with Crippen LogP contribution in [0.3, 0.4) is 0 Å². The van der Waals surface area contributed by atoms with Gasteiger partial charge in [0.1, 0.15) is 5.22 Å². The van der Waals surface area contributed by atoms with Crippen LogP contribution in [0.4, 0.5) is 11.4 Å². The molecule has 7 nitrogen and oxygen atoms in total. The summed E-state index contributed by atoms with van der Waals surface area (Å²) >= 11 is 3.44. The average Bonchev–Trinajstić information content (AvgIpc) is 3.52. The minimum absolute atomic E-state index is 0.179. The molecule has 30 heavy (non-hydrogen) atoms. The van der Waals surface area contributed by atoms with Crippen molar-refractivity contribution in [3.8, 4) is 0 Å². The van der Waals surface area contributed by atoms with Gasteiger partial charge < -0.3 is 11.1 Å². The molecule has 0 radical (unpaired) electrons. The van der Waals surface area contributed by atoms with E-state index >= 15 is 0 Å². The molecule has 4 rings (SSSR count). The first-order valence-corrected chi connectivity index (χ1v) is 12.4. The summed E-state index contributed by atoms with van der Waals surface area (Å²) in [5.74, 6) is 0.127. The van der Waals surface area contributed by atoms with Gasteiger partial charge in [-0.05, 0) is 42.5 Å². The van der Waals surface area contributed by atoms with Gasteiger partial charge in [0, 0.05) is 42.8 Å². The molecule has 1 aliphatic heterocycles. The number of sulfonamides is 1. The highest BCUT2D eigenvalue weighted by Gasteiger charge is 2.38. The molecule has 2 aromatic rings. The normalized spacial score (nSPS) is 15.5. The number of nitrogens with one attached hydrogen (secondary N) is 1. The van der Waals surface area contributed by atoms with Gasteiger partial charge in [-0.2, -0.15) is 0 Å². The van der Waals surface area contributed by atoms with E-state index in [0.29, 0.717) is 17.3 Å². The van der Waals surface area contributed by atoms with Gasteiger partial charge in [0.2, 0.25) is 21.1 Å². The van der Waals surface area contributed by atoms with E-state index in [-0.39, 0.29) is 19.0 Å². The Labute approximate surface area is 184 Å². The van der Waals surface area contributed by atoms with E-state index in [0.717, 1.165) is 39.1 Å². The van der Waals surface area contributed by atoms with E-state index < -0.39 is 10.0 Å². The summed E-state index contributed by atoms with van der Waals surface area (Å²) in [6.07, 6.45) is 3.22. The van der Waals surface area contributed by atoms with Crippen LogP contribution in [0.1, 0.15) is 24.3 Å². The van der Waals surface area contributed by atoms with Crippen LogP contribution in [-0.4, -0.2) is 40.7 Å². The topological polar surface area (TPSA) is 95.5 Å². The van der Waals surface area contributed by atoms with Crippen LogP contribution < -0.4 is 30.5 Å². The van der Waals surface area contributed by atoms with Crippen LogP contribution in [0, 0.1) is 0 Å². The van der Waals surface area contributed by atoms with E-state index in [1.165, 1.54) is 10.6 Å². The number of amides is 1. The van der Waals surface area contributed by atoms with Gasteiger partial charge in [-0.1, -0.05) is 15.9 Å². The van der Waals surface area contributed by atoms with E-state index in [1.54, 1.807) is 7.05 Å². The van der Waals surface area contributed by atoms with Gasteiger partial charge in [-0.15, -0.1) is 4.58 Å². The van der Waals surface area contributed by atoms with Crippen LogP contribution >= 0.6 is 15.9 Å². The van der Waals surface area contributed by atoms with E-state index in [2.05, 4.69) is 21.2 Å². The van der Waals surface area contributed by atoms with Crippen LogP contribution in [-0.2, 0) is 14.8 Å². The number of halogens is 1. The van der Waals surface area contributed by atoms with Gasteiger partial charge in [0.25, 0.3) is 5.70 Å². The van der Waals surface area contributed by atoms with Crippen molar-refractivity contribution in [3.63, 3.8) is 0 Å². The maximum Gasteiger partial charge on any atom is 0.317 e. The zero-order valence-electron chi connectivity index (χ0n) is 16.9. The Bertz CT molecular complexity index is 1250. The van der Waals surface area contributed by atoms with Gasteiger partial charge in [0.05, 0.1) is 11.9 Å². The maximum atomic E-state index is 12.7. The summed E-state index contributed by atoms with van der Waals surface area (Å²) in [5.41, 5.74) is 8.73. The smallest absolute Gasteiger partial charge is 0.317 e. The molecular formula is C21H24BrN4O3S+. The first-order chi connectivity index (χ1) is 14.3. The molecule has 1 fully saturated rings. The van der Waals surface area contributed by atoms with Crippen molar-refractivity contribution in [1.82, 2.24) is 9.89 Å². The molecule has 0 bridgehead atoms. The van der Waals surface area contributed by atoms with Crippen molar-refractivity contribution in [3.05, 3.63) is 57.0 Å². The van der Waals surface area contributed by atoms with Gasteiger partial charge in [-0.25, -0.2) is 8.42 Å². The summed E-state index contributed by atoms with van der Waals surface area (Å²) in [4.78, 5) is 12.7. The number of carbonyl (C=O) groups excluding carboxylic acids is 1. The second kappa shape index (κ2) is 7.79. The number of anilines is 1. The third kappa shape index (κ3) is 3.66. The van der Waals surface area contributed by atoms with E-state index in [1.807, 2.05) is 41.0 Å². The molecule has 1 heterocycles. The first-order valence-electron chi connectivity index (χ1n) is 9.77. The monoisotopic (exact) mass is 491 g/mol. The molecule has 0 atom stereocenters. The van der Waals surface area contributed by atoms with Crippen LogP contribution in [0.2, 0.25) is 0 Å². The molecule has 0 aromatic heterocycles. The lowest BCUT2D eigenvalue weighted by Gasteiger charge is -2.25. The van der Waals surface area contributed by atoms with Crippen LogP contribution in [0.5, 0.6) is 0 Å². The summed E-state index contributed by atoms with van der Waals surface area (Å²) in [6, 6.07) is 11.5. The lowest BCUT2D eigenvalue weighted by Crippen LogP contribution is -2.54. The highest BCUT2D eigenvalue weighted by molar-refractivity contribution is 9.10. The molecule has 2 aromatic carbocycles. The molecule has 0 spiro atoms. The van der Waals surface area contributed by atoms with Crippen molar-refractivity contribution in [2.45, 2.75) is 18.8 Å². The fourth-order valence-electron chi connectivity index (χ4n) is 3.88. The van der Waals surface area contributed by atoms with Gasteiger partial charge in [0.15, 0.2) is 0 Å². The minimum atomic E-state index is -3.49. The van der Waals surface area contributed by atoms with Crippen molar-refractivity contribution < 1.29 is 13.2 Å². The van der Waals surface area contributed by atoms with Crippen LogP contribution in [0.25, 0.3) is 5.70 Å². The summed E-state index contributed by atoms with van der Waals surface area (Å²) < 4.78 is 29.2. The third-order valence-electron chi connectivity index (χ3n) is 5.41. The highest BCUT2D eigenvalue weighted by Crippen LogP contribution is 2.44. The molecule has 158 valence electrons. The van der Waals surface area contributed by atoms with Gasteiger partial charge in [-0.3, -0.25) is 9.10 Å². The number of nitrogens with two attached hydrogens (primary N) is 1. The fourth-order valence-corrected chi connectivity index (χ4v) is 5.09. The van der Waals surface area contributed by atoms with Crippen molar-refractivity contribution >= 4 is 48.9 Å². The molecule has 0 saturated heterocycles. The zero-order valence-corrected chi connectivity index (χ0v) is 19.3. The average molecular weight is 492 g/mol. The standard InChI is InChI=1S/C21H23BrN4O3S/c1-24-21(27)20-17-11-16(13-3-4-13)18(25(10-9-23)30(2,28)29)12-19(17)26(20)15-7-5-14(22)6-8-15/h5-8,11-13H,3-4,9-10,23H2,1-2H3/p+1. The Hall–Kier alpha value is -2.23. The highest BCUT2D eigenvalue weighted by atomic mass is 79.9. The molecule has 1 aliphatic carbocycles. The predicted molar refractivity (Wildman–Crippen MR) is 121 cm³/mol. The maximum absolute atomic E-state index is 12.7. The van der Waals surface area contributed by atoms with Gasteiger partial charge >= 0.3 is 5.91 Å². The number of benzene rings is 2. The van der Waals surface area contributed by atoms with Crippen molar-refractivity contribution in [2.24, 2.45) is 5.73 Å². The first kappa shape index (κ1) is 21.0. The predicted octanol–water partition coefficient (Wildman–Crippen LogP) is 0.742. The SMILES string of the molecule is CNC(=O)C1=c2cc(C3CC3)c(N(CCN)S(C)(=O)=O)cc2=[N+]1c1ccc(Br)cc1. The summed E-state index contributed by atoms with van der Waals surface area (Å²) in [7, 11) is -1.89. The molecule has 0 unspecified atom stereocenters. The summed E-state index contributed by atoms with van der Waals surface area (Å²) in [5, 5.41) is 4.36. The number of hydrogen-bond acceptors (Lipinski definition) is 4. The number of hydrogen-bond donors (Lipinski definition) is 2. The number of rotatable bonds is 7. The third-order valence-corrected chi connectivity index (χ3v) is 7.12. The van der Waals surface area contributed by atoms with E-state index in [4.69, 9.17) is 5.73 Å². The summed E-state index contributed by atoms with van der Waals surface area (Å²) in [6.45, 7) is 0.432. The second-order valence-corrected chi connectivity index (χ2v) is 10.4. The molecule has 3 N–H and O–H groups in total. The number of fused-ring (bicyclic) bond motifs is 1. The quantitative estimate of drug-likeness (QED) is 0.558. The number of nitrogens with zero attached hydrogens (tertiary/aromatic N) is 2. The largest absolute Gasteiger partial charge is 0.350 e. The van der Waals surface area contributed by atoms with Crippen LogP contribution in [0.15, 0.2) is 40.9 Å². The van der Waals surface area contributed by atoms with Crippen molar-refractivity contribution in [2.75, 3.05) is 30.7 Å². The molecule has 1 saturated carbocycles.